The Kier molecular flexibility index (Phi) is 3.88. The summed E-state index contributed by atoms with van der Waals surface area (Å²) in [5, 5.41) is 10.2. The molecule has 1 aliphatic heterocycles. The normalized spacial score (nSPS) is 35.6. The molecule has 6 fully saturated rings. The van der Waals surface area contributed by atoms with Gasteiger partial charge < -0.3 is 20.3 Å². The van der Waals surface area contributed by atoms with Crippen LogP contribution in [0.15, 0.2) is 36.5 Å². The molecule has 3 heterocycles. The van der Waals surface area contributed by atoms with Crippen LogP contribution in [0, 0.1) is 46.3 Å². The third-order valence-electron chi connectivity index (χ3n) is 11.1. The van der Waals surface area contributed by atoms with Crippen molar-refractivity contribution in [3.05, 3.63) is 59.0 Å². The molecule has 3 aromatic rings. The highest BCUT2D eigenvalue weighted by molar-refractivity contribution is 5.98. The van der Waals surface area contributed by atoms with E-state index >= 15 is 0 Å². The molecule has 202 valence electrons. The zero-order valence-corrected chi connectivity index (χ0v) is 21.9. The fourth-order valence-corrected chi connectivity index (χ4v) is 10.0. The predicted molar refractivity (Wildman–Crippen MR) is 137 cm³/mol. The number of nitrogens with zero attached hydrogens (tertiary/aromatic N) is 4. The number of carbonyl (C=O) groups is 4. The minimum absolute atomic E-state index is 0.0746. The Morgan fingerprint density at radius 1 is 1.02 bits per heavy atom. The van der Waals surface area contributed by atoms with Crippen molar-refractivity contribution >= 4 is 29.3 Å². The second kappa shape index (κ2) is 6.89. The topological polar surface area (TPSA) is 135 Å². The summed E-state index contributed by atoms with van der Waals surface area (Å²) in [6, 6.07) is 8.50. The van der Waals surface area contributed by atoms with E-state index in [2.05, 4.69) is 20.7 Å². The molecule has 10 rings (SSSR count). The first-order valence-corrected chi connectivity index (χ1v) is 13.7. The molecule has 0 radical (unpaired) electrons. The SMILES string of the molecule is CN(C)C(=O)C12C3C4C1C1C2C3C41CNC(=O)c1cc(C(=O)NCc2ccc3c(c2)CC(=O)O3)nc2ccnn12. The van der Waals surface area contributed by atoms with E-state index in [4.69, 9.17) is 4.74 Å². The maximum atomic E-state index is 13.4. The van der Waals surface area contributed by atoms with Gasteiger partial charge in [-0.15, -0.1) is 0 Å². The van der Waals surface area contributed by atoms with Gasteiger partial charge in [0.1, 0.15) is 17.1 Å². The molecule has 0 spiro atoms. The highest BCUT2D eigenvalue weighted by Gasteiger charge is 3.11. The molecule has 7 aliphatic rings. The zero-order valence-electron chi connectivity index (χ0n) is 21.9. The number of aromatic nitrogens is 3. The number of hydrogen-bond donors (Lipinski definition) is 2. The quantitative estimate of drug-likeness (QED) is 0.334. The van der Waals surface area contributed by atoms with Gasteiger partial charge in [-0.2, -0.15) is 5.10 Å². The Morgan fingerprint density at radius 2 is 1.77 bits per heavy atom. The van der Waals surface area contributed by atoms with E-state index in [0.29, 0.717) is 59.4 Å². The summed E-state index contributed by atoms with van der Waals surface area (Å²) in [6.45, 7) is 0.834. The first-order valence-electron chi connectivity index (χ1n) is 13.7. The van der Waals surface area contributed by atoms with Crippen LogP contribution in [0.4, 0.5) is 0 Å². The van der Waals surface area contributed by atoms with Gasteiger partial charge in [-0.05, 0) is 58.6 Å². The van der Waals surface area contributed by atoms with Crippen molar-refractivity contribution in [2.24, 2.45) is 46.3 Å². The van der Waals surface area contributed by atoms with Crippen molar-refractivity contribution in [2.45, 2.75) is 13.0 Å². The van der Waals surface area contributed by atoms with Crippen LogP contribution in [0.3, 0.4) is 0 Å². The molecule has 6 aliphatic carbocycles. The van der Waals surface area contributed by atoms with Crippen LogP contribution < -0.4 is 15.4 Å². The van der Waals surface area contributed by atoms with Crippen LogP contribution in [0.25, 0.3) is 5.65 Å². The van der Waals surface area contributed by atoms with Crippen LogP contribution in [0.2, 0.25) is 0 Å². The number of fused-ring (bicyclic) bond motifs is 2. The maximum Gasteiger partial charge on any atom is 0.315 e. The van der Waals surface area contributed by atoms with Crippen molar-refractivity contribution < 1.29 is 23.9 Å². The lowest BCUT2D eigenvalue weighted by Gasteiger charge is -3.10. The second-order valence-corrected chi connectivity index (χ2v) is 12.5. The zero-order chi connectivity index (χ0) is 27.3. The van der Waals surface area contributed by atoms with Gasteiger partial charge in [0.05, 0.1) is 18.0 Å². The van der Waals surface area contributed by atoms with E-state index in [1.54, 1.807) is 29.3 Å². The molecule has 0 saturated heterocycles. The molecular formula is C29H26N6O5. The second-order valence-electron chi connectivity index (χ2n) is 12.5. The first kappa shape index (κ1) is 22.5. The third kappa shape index (κ3) is 2.21. The highest BCUT2D eigenvalue weighted by Crippen LogP contribution is 3.10. The number of benzene rings is 1. The van der Waals surface area contributed by atoms with Crippen molar-refractivity contribution in [3.63, 3.8) is 0 Å². The third-order valence-corrected chi connectivity index (χ3v) is 11.1. The van der Waals surface area contributed by atoms with Gasteiger partial charge in [0.2, 0.25) is 5.91 Å². The first-order chi connectivity index (χ1) is 19.3. The Morgan fingerprint density at radius 3 is 2.50 bits per heavy atom. The largest absolute Gasteiger partial charge is 0.426 e. The maximum absolute atomic E-state index is 13.4. The van der Waals surface area contributed by atoms with Crippen LogP contribution in [-0.2, 0) is 22.6 Å². The van der Waals surface area contributed by atoms with E-state index in [1.807, 2.05) is 20.2 Å². The number of amides is 3. The van der Waals surface area contributed by atoms with Crippen molar-refractivity contribution in [3.8, 4) is 5.75 Å². The fourth-order valence-electron chi connectivity index (χ4n) is 10.0. The van der Waals surface area contributed by atoms with Crippen molar-refractivity contribution in [2.75, 3.05) is 20.6 Å². The molecule has 40 heavy (non-hydrogen) atoms. The number of carbonyl (C=O) groups excluding carboxylic acids is 4. The van der Waals surface area contributed by atoms with E-state index < -0.39 is 5.91 Å². The van der Waals surface area contributed by atoms with Crippen molar-refractivity contribution in [1.29, 1.82) is 0 Å². The molecule has 0 bridgehead atoms. The minimum atomic E-state index is -0.414. The fraction of sp³-hybridized carbons (Fsp3) is 0.448. The molecular weight excluding hydrogens is 512 g/mol. The molecule has 2 aromatic heterocycles. The molecule has 1 aromatic carbocycles. The summed E-state index contributed by atoms with van der Waals surface area (Å²) in [5.41, 5.74) is 2.50. The lowest BCUT2D eigenvalue weighted by Crippen LogP contribution is -3.12. The summed E-state index contributed by atoms with van der Waals surface area (Å²) in [4.78, 5) is 57.0. The van der Waals surface area contributed by atoms with E-state index in [0.717, 1.165) is 11.1 Å². The van der Waals surface area contributed by atoms with E-state index in [-0.39, 0.29) is 47.1 Å². The van der Waals surface area contributed by atoms with Crippen LogP contribution >= 0.6 is 0 Å². The summed E-state index contributed by atoms with van der Waals surface area (Å²) < 4.78 is 6.58. The number of nitrogens with one attached hydrogen (secondary N) is 2. The smallest absolute Gasteiger partial charge is 0.315 e. The summed E-state index contributed by atoms with van der Waals surface area (Å²) in [7, 11) is 3.70. The number of ether oxygens (including phenoxy) is 1. The van der Waals surface area contributed by atoms with Gasteiger partial charge in [0, 0.05) is 44.9 Å². The predicted octanol–water partition coefficient (Wildman–Crippen LogP) is 0.677. The monoisotopic (exact) mass is 538 g/mol. The average Bonchev–Trinajstić information content (AvgIpc) is 3.58. The average molecular weight is 539 g/mol. The van der Waals surface area contributed by atoms with Gasteiger partial charge in [-0.25, -0.2) is 9.50 Å². The Bertz CT molecular complexity index is 1690. The lowest BCUT2D eigenvalue weighted by molar-refractivity contribution is -0.639. The minimum Gasteiger partial charge on any atom is -0.426 e. The Hall–Kier alpha value is -4.28. The van der Waals surface area contributed by atoms with Crippen LogP contribution in [0.1, 0.15) is 32.1 Å². The standard InChI is InChI=1S/C29H26N6O5/c1-34(2)27(39)29-22-19-23(29)21-24(29)20(22)28(19,21)11-31-26(38)15-9-14(33-17-5-6-32-35(15)17)25(37)30-10-12-3-4-16-13(7-12)8-18(36)40-16/h3-7,9,19-24H,8,10-11H2,1-2H3,(H,30,37)(H,31,38). The molecule has 0 unspecified atom stereocenters. The van der Waals surface area contributed by atoms with Crippen LogP contribution in [-0.4, -0.2) is 63.8 Å². The van der Waals surface area contributed by atoms with Gasteiger partial charge in [-0.1, -0.05) is 6.07 Å². The molecule has 11 heteroatoms. The number of rotatable bonds is 7. The Labute approximate surface area is 228 Å². The lowest BCUT2D eigenvalue weighted by atomic mass is 8.92. The molecule has 0 atom stereocenters. The van der Waals surface area contributed by atoms with Gasteiger partial charge in [-0.3, -0.25) is 19.2 Å². The van der Waals surface area contributed by atoms with E-state index in [1.165, 1.54) is 10.6 Å². The molecule has 6 saturated carbocycles. The van der Waals surface area contributed by atoms with Crippen molar-refractivity contribution in [1.82, 2.24) is 30.1 Å². The summed E-state index contributed by atoms with van der Waals surface area (Å²) in [6.07, 6.45) is 1.77. The molecule has 11 nitrogen and oxygen atoms in total. The molecule has 3 amide bonds. The van der Waals surface area contributed by atoms with Gasteiger partial charge in [0.25, 0.3) is 11.8 Å². The van der Waals surface area contributed by atoms with Gasteiger partial charge in [0.15, 0.2) is 5.65 Å². The summed E-state index contributed by atoms with van der Waals surface area (Å²) in [5.74, 6) is 3.06. The van der Waals surface area contributed by atoms with Crippen LogP contribution in [0.5, 0.6) is 5.75 Å². The molecule has 2 N–H and O–H groups in total. The Balaban J connectivity index is 0.896. The number of esters is 1. The summed E-state index contributed by atoms with van der Waals surface area (Å²) >= 11 is 0. The van der Waals surface area contributed by atoms with E-state index in [9.17, 15) is 19.2 Å². The highest BCUT2D eigenvalue weighted by atomic mass is 16.5. The number of hydrogen-bond acceptors (Lipinski definition) is 7. The van der Waals surface area contributed by atoms with Gasteiger partial charge >= 0.3 is 5.97 Å².